The lowest BCUT2D eigenvalue weighted by molar-refractivity contribution is -0.384. The van der Waals surface area contributed by atoms with Crippen LogP contribution in [0.25, 0.3) is 0 Å². The van der Waals surface area contributed by atoms with Crippen LogP contribution in [0.4, 0.5) is 11.4 Å². The van der Waals surface area contributed by atoms with E-state index in [1.807, 2.05) is 60.7 Å². The molecule has 0 aromatic heterocycles. The summed E-state index contributed by atoms with van der Waals surface area (Å²) in [5, 5.41) is 48.0. The molecule has 1 aliphatic heterocycles. The van der Waals surface area contributed by atoms with Crippen LogP contribution in [0, 0.1) is 10.1 Å². The number of hydrogen-bond donors (Lipinski definition) is 4. The number of non-ortho nitro benzene ring substituents is 1. The Morgan fingerprint density at radius 2 is 1.47 bits per heavy atom. The van der Waals surface area contributed by atoms with E-state index in [0.717, 1.165) is 10.4 Å². The molecule has 0 aliphatic carbocycles. The molecule has 9 nitrogen and oxygen atoms in total. The average Bonchev–Trinajstić information content (AvgIpc) is 2.90. The van der Waals surface area contributed by atoms with Crippen molar-refractivity contribution in [2.45, 2.75) is 56.5 Å². The van der Waals surface area contributed by atoms with Crippen molar-refractivity contribution >= 4 is 30.1 Å². The van der Waals surface area contributed by atoms with Crippen LogP contribution in [0.15, 0.2) is 84.9 Å². The number of ether oxygens (including phenoxy) is 1. The third kappa shape index (κ3) is 5.51. The molecule has 10 heteroatoms. The average molecular weight is 539 g/mol. The Labute approximate surface area is 223 Å². The molecule has 3 aromatic rings. The van der Waals surface area contributed by atoms with Crippen molar-refractivity contribution in [1.29, 1.82) is 0 Å². The number of hydrogen-bond acceptors (Lipinski definition) is 8. The Morgan fingerprint density at radius 3 is 2.00 bits per heavy atom. The van der Waals surface area contributed by atoms with Gasteiger partial charge in [0.2, 0.25) is 0 Å². The Hall–Kier alpha value is -3.12. The number of aliphatic hydroxyl groups excluding tert-OH is 3. The summed E-state index contributed by atoms with van der Waals surface area (Å²) in [4.78, 5) is 10.6. The van der Waals surface area contributed by atoms with Crippen LogP contribution in [-0.2, 0) is 9.16 Å². The number of nitrogens with one attached hydrogen (secondary N) is 1. The molecule has 4 rings (SSSR count). The first-order valence-corrected chi connectivity index (χ1v) is 14.4. The van der Waals surface area contributed by atoms with Crippen LogP contribution >= 0.6 is 0 Å². The van der Waals surface area contributed by atoms with E-state index in [9.17, 15) is 25.4 Å². The van der Waals surface area contributed by atoms with Gasteiger partial charge in [-0.05, 0) is 21.5 Å². The third-order valence-electron chi connectivity index (χ3n) is 6.96. The van der Waals surface area contributed by atoms with Gasteiger partial charge in [-0.1, -0.05) is 87.5 Å². The van der Waals surface area contributed by atoms with Crippen molar-refractivity contribution in [2.75, 3.05) is 11.9 Å². The van der Waals surface area contributed by atoms with Gasteiger partial charge in [-0.15, -0.1) is 0 Å². The van der Waals surface area contributed by atoms with Gasteiger partial charge in [0, 0.05) is 17.8 Å². The highest BCUT2D eigenvalue weighted by atomic mass is 28.4. The van der Waals surface area contributed by atoms with Crippen molar-refractivity contribution in [2.24, 2.45) is 0 Å². The fourth-order valence-electron chi connectivity index (χ4n) is 5.05. The third-order valence-corrected chi connectivity index (χ3v) is 12.0. The molecule has 202 valence electrons. The first-order chi connectivity index (χ1) is 18.0. The minimum atomic E-state index is -2.95. The normalized spacial score (nSPS) is 24.1. The van der Waals surface area contributed by atoms with Crippen molar-refractivity contribution in [3.63, 3.8) is 0 Å². The SMILES string of the molecule is CC(C)(C)[Si](OC[C@H]1O[C@@H](Nc2cccc([N+](=O)[O-])c2)[C@H](O)[C@H](O)[C@H]1O)(c1ccccc1)c1ccccc1. The molecule has 1 fully saturated rings. The predicted molar refractivity (Wildman–Crippen MR) is 147 cm³/mol. The number of rotatable bonds is 8. The number of nitrogens with zero attached hydrogens (tertiary/aromatic N) is 1. The number of anilines is 1. The fraction of sp³-hybridized carbons (Fsp3) is 0.357. The van der Waals surface area contributed by atoms with Gasteiger partial charge in [-0.3, -0.25) is 10.1 Å². The van der Waals surface area contributed by atoms with Gasteiger partial charge in [0.05, 0.1) is 11.5 Å². The van der Waals surface area contributed by atoms with Gasteiger partial charge in [-0.2, -0.15) is 0 Å². The fourth-order valence-corrected chi connectivity index (χ4v) is 9.62. The number of nitro groups is 1. The van der Waals surface area contributed by atoms with Gasteiger partial charge >= 0.3 is 0 Å². The molecule has 1 heterocycles. The number of aliphatic hydroxyl groups is 3. The van der Waals surface area contributed by atoms with Crippen LogP contribution in [0.1, 0.15) is 20.8 Å². The predicted octanol–water partition coefficient (Wildman–Crippen LogP) is 2.39. The monoisotopic (exact) mass is 538 g/mol. The Kier molecular flexibility index (Phi) is 8.31. The largest absolute Gasteiger partial charge is 0.405 e. The first-order valence-electron chi connectivity index (χ1n) is 12.5. The maximum absolute atomic E-state index is 11.2. The Balaban J connectivity index is 1.64. The molecule has 5 atom stereocenters. The molecule has 0 amide bonds. The van der Waals surface area contributed by atoms with Gasteiger partial charge in [-0.25, -0.2) is 0 Å². The second-order valence-corrected chi connectivity index (χ2v) is 14.8. The lowest BCUT2D eigenvalue weighted by atomic mass is 9.98. The van der Waals surface area contributed by atoms with Gasteiger partial charge < -0.3 is 29.8 Å². The second kappa shape index (κ2) is 11.3. The molecule has 38 heavy (non-hydrogen) atoms. The summed E-state index contributed by atoms with van der Waals surface area (Å²) in [6.07, 6.45) is -6.53. The smallest absolute Gasteiger partial charge is 0.271 e. The zero-order chi connectivity index (χ0) is 27.5. The van der Waals surface area contributed by atoms with E-state index < -0.39 is 43.9 Å². The van der Waals surface area contributed by atoms with Crippen LogP contribution < -0.4 is 15.7 Å². The van der Waals surface area contributed by atoms with Crippen LogP contribution in [0.2, 0.25) is 5.04 Å². The molecule has 3 aromatic carbocycles. The van der Waals surface area contributed by atoms with Crippen molar-refractivity contribution in [3.8, 4) is 0 Å². The molecule has 0 saturated carbocycles. The van der Waals surface area contributed by atoms with Crippen LogP contribution in [0.3, 0.4) is 0 Å². The molecule has 1 aliphatic rings. The molecule has 0 bridgehead atoms. The maximum Gasteiger partial charge on any atom is 0.271 e. The van der Waals surface area contributed by atoms with Crippen molar-refractivity contribution in [3.05, 3.63) is 95.0 Å². The molecule has 4 N–H and O–H groups in total. The van der Waals surface area contributed by atoms with Crippen LogP contribution in [0.5, 0.6) is 0 Å². The summed E-state index contributed by atoms with van der Waals surface area (Å²) in [5.41, 5.74) is 0.200. The van der Waals surface area contributed by atoms with E-state index in [4.69, 9.17) is 9.16 Å². The molecule has 0 spiro atoms. The van der Waals surface area contributed by atoms with Crippen molar-refractivity contribution in [1.82, 2.24) is 0 Å². The highest BCUT2D eigenvalue weighted by Gasteiger charge is 2.52. The summed E-state index contributed by atoms with van der Waals surface area (Å²) in [6, 6.07) is 25.7. The topological polar surface area (TPSA) is 134 Å². The van der Waals surface area contributed by atoms with Crippen molar-refractivity contribution < 1.29 is 29.4 Å². The zero-order valence-electron chi connectivity index (χ0n) is 21.6. The number of benzene rings is 3. The van der Waals surface area contributed by atoms with Crippen LogP contribution in [-0.4, -0.2) is 65.8 Å². The lowest BCUT2D eigenvalue weighted by Crippen LogP contribution is -2.68. The molecular weight excluding hydrogens is 504 g/mol. The maximum atomic E-state index is 11.2. The van der Waals surface area contributed by atoms with E-state index in [1.165, 1.54) is 18.2 Å². The minimum Gasteiger partial charge on any atom is -0.405 e. The lowest BCUT2D eigenvalue weighted by Gasteiger charge is -2.46. The Bertz CT molecular complexity index is 1180. The molecule has 1 saturated heterocycles. The standard InChI is InChI=1S/C28H34N2O7Si/c1-28(2,3)38(21-13-6-4-7-14-21,22-15-8-5-9-16-22)36-18-23-24(31)25(32)26(33)27(37-23)29-19-11-10-12-20(17-19)30(34)35/h4-17,23-27,29,31-33H,18H2,1-3H3/t23-,24+,25-,26-,27-/m1/s1. The summed E-state index contributed by atoms with van der Waals surface area (Å²) >= 11 is 0. The zero-order valence-corrected chi connectivity index (χ0v) is 22.6. The molecule has 0 unspecified atom stereocenters. The Morgan fingerprint density at radius 1 is 0.895 bits per heavy atom. The van der Waals surface area contributed by atoms with E-state index in [2.05, 4.69) is 26.1 Å². The summed E-state index contributed by atoms with van der Waals surface area (Å²) in [7, 11) is -2.95. The van der Waals surface area contributed by atoms with Gasteiger partial charge in [0.25, 0.3) is 14.0 Å². The second-order valence-electron chi connectivity index (χ2n) is 10.5. The highest BCUT2D eigenvalue weighted by Crippen LogP contribution is 2.37. The first kappa shape index (κ1) is 27.9. The summed E-state index contributed by atoms with van der Waals surface area (Å²) in [5.74, 6) is 0. The summed E-state index contributed by atoms with van der Waals surface area (Å²) in [6.45, 7) is 6.33. The van der Waals surface area contributed by atoms with E-state index in [1.54, 1.807) is 6.07 Å². The summed E-state index contributed by atoms with van der Waals surface area (Å²) < 4.78 is 12.9. The molecular formula is C28H34N2O7Si. The molecule has 0 radical (unpaired) electrons. The minimum absolute atomic E-state index is 0.0503. The van der Waals surface area contributed by atoms with E-state index in [0.29, 0.717) is 5.69 Å². The van der Waals surface area contributed by atoms with Gasteiger partial charge in [0.1, 0.15) is 24.4 Å². The highest BCUT2D eigenvalue weighted by molar-refractivity contribution is 6.99. The van der Waals surface area contributed by atoms with E-state index in [-0.39, 0.29) is 17.3 Å². The number of nitro benzene ring substituents is 1. The van der Waals surface area contributed by atoms with Gasteiger partial charge in [0.15, 0.2) is 6.23 Å². The quantitative estimate of drug-likeness (QED) is 0.195. The van der Waals surface area contributed by atoms with E-state index >= 15 is 0 Å².